The standard InChI is InChI=1S/C13H26N2O5S.ClH/c1-4-11(2)7-14-5-6-20-12(8-14)9-15(10-13(16)17)21(3,18)19;/h11-12H,4-10H2,1-3H3,(H,16,17);1H. The molecule has 0 radical (unpaired) electrons. The number of halogens is 1. The van der Waals surface area contributed by atoms with Crippen LogP contribution in [-0.2, 0) is 19.6 Å². The third kappa shape index (κ3) is 7.73. The Bertz CT molecular complexity index is 446. The van der Waals surface area contributed by atoms with Crippen molar-refractivity contribution in [3.8, 4) is 0 Å². The SMILES string of the molecule is CCC(C)CN1CCOC(CN(CC(=O)O)S(C)(=O)=O)C1.Cl. The summed E-state index contributed by atoms with van der Waals surface area (Å²) >= 11 is 0. The van der Waals surface area contributed by atoms with Crippen molar-refractivity contribution in [1.29, 1.82) is 0 Å². The quantitative estimate of drug-likeness (QED) is 0.680. The van der Waals surface area contributed by atoms with Gasteiger partial charge in [0.2, 0.25) is 10.0 Å². The molecule has 1 saturated heterocycles. The van der Waals surface area contributed by atoms with Gasteiger partial charge in [-0.3, -0.25) is 9.69 Å². The van der Waals surface area contributed by atoms with Gasteiger partial charge < -0.3 is 9.84 Å². The maximum Gasteiger partial charge on any atom is 0.318 e. The van der Waals surface area contributed by atoms with Crippen LogP contribution in [-0.4, -0.2) is 80.4 Å². The predicted molar refractivity (Wildman–Crippen MR) is 86.9 cm³/mol. The molecule has 0 saturated carbocycles. The van der Waals surface area contributed by atoms with Gasteiger partial charge >= 0.3 is 5.97 Å². The molecule has 0 aromatic heterocycles. The minimum absolute atomic E-state index is 0. The Morgan fingerprint density at radius 2 is 2.14 bits per heavy atom. The van der Waals surface area contributed by atoms with Crippen molar-refractivity contribution in [3.05, 3.63) is 0 Å². The maximum atomic E-state index is 11.6. The molecule has 1 N–H and O–H groups in total. The highest BCUT2D eigenvalue weighted by Gasteiger charge is 2.28. The van der Waals surface area contributed by atoms with Crippen molar-refractivity contribution < 1.29 is 23.1 Å². The van der Waals surface area contributed by atoms with Crippen LogP contribution in [0, 0.1) is 5.92 Å². The van der Waals surface area contributed by atoms with Crippen molar-refractivity contribution in [3.63, 3.8) is 0 Å². The Balaban J connectivity index is 0.00000441. The van der Waals surface area contributed by atoms with Crippen LogP contribution in [0.5, 0.6) is 0 Å². The normalized spacial score (nSPS) is 21.4. The summed E-state index contributed by atoms with van der Waals surface area (Å²) in [4.78, 5) is 13.0. The van der Waals surface area contributed by atoms with Crippen LogP contribution in [0.25, 0.3) is 0 Å². The van der Waals surface area contributed by atoms with Gasteiger partial charge in [-0.15, -0.1) is 12.4 Å². The number of aliphatic carboxylic acids is 1. The average molecular weight is 359 g/mol. The van der Waals surface area contributed by atoms with Crippen molar-refractivity contribution in [1.82, 2.24) is 9.21 Å². The minimum atomic E-state index is -3.55. The highest BCUT2D eigenvalue weighted by molar-refractivity contribution is 7.88. The minimum Gasteiger partial charge on any atom is -0.480 e. The van der Waals surface area contributed by atoms with Gasteiger partial charge in [0.15, 0.2) is 0 Å². The van der Waals surface area contributed by atoms with Gasteiger partial charge in [-0.05, 0) is 5.92 Å². The number of carbonyl (C=O) groups is 1. The van der Waals surface area contributed by atoms with E-state index >= 15 is 0 Å². The zero-order valence-electron chi connectivity index (χ0n) is 13.4. The summed E-state index contributed by atoms with van der Waals surface area (Å²) in [5, 5.41) is 8.82. The van der Waals surface area contributed by atoms with Gasteiger partial charge in [-0.1, -0.05) is 20.3 Å². The van der Waals surface area contributed by atoms with Crippen molar-refractivity contribution in [2.24, 2.45) is 5.92 Å². The first kappa shape index (κ1) is 21.6. The molecule has 0 spiro atoms. The van der Waals surface area contributed by atoms with E-state index in [0.29, 0.717) is 19.1 Å². The number of ether oxygens (including phenoxy) is 1. The molecule has 0 aromatic rings. The molecule has 1 aliphatic rings. The lowest BCUT2D eigenvalue weighted by atomic mass is 10.1. The van der Waals surface area contributed by atoms with Crippen LogP contribution >= 0.6 is 12.4 Å². The van der Waals surface area contributed by atoms with Gasteiger partial charge in [0.1, 0.15) is 6.54 Å². The molecule has 0 aromatic carbocycles. The van der Waals surface area contributed by atoms with Crippen LogP contribution in [0.1, 0.15) is 20.3 Å². The van der Waals surface area contributed by atoms with E-state index in [1.807, 2.05) is 0 Å². The number of morpholine rings is 1. The molecule has 0 bridgehead atoms. The molecule has 1 rings (SSSR count). The lowest BCUT2D eigenvalue weighted by Gasteiger charge is -2.35. The molecule has 22 heavy (non-hydrogen) atoms. The van der Waals surface area contributed by atoms with E-state index in [9.17, 15) is 13.2 Å². The van der Waals surface area contributed by atoms with Gasteiger partial charge in [-0.2, -0.15) is 4.31 Å². The maximum absolute atomic E-state index is 11.6. The number of sulfonamides is 1. The second-order valence-corrected chi connectivity index (χ2v) is 7.70. The Morgan fingerprint density at radius 3 is 2.64 bits per heavy atom. The molecular formula is C13H27ClN2O5S. The third-order valence-corrected chi connectivity index (χ3v) is 4.89. The molecule has 1 fully saturated rings. The zero-order valence-corrected chi connectivity index (χ0v) is 15.0. The van der Waals surface area contributed by atoms with E-state index in [4.69, 9.17) is 9.84 Å². The molecular weight excluding hydrogens is 332 g/mol. The topological polar surface area (TPSA) is 87.2 Å². The first-order chi connectivity index (χ1) is 9.72. The number of nitrogens with zero attached hydrogens (tertiary/aromatic N) is 2. The fourth-order valence-corrected chi connectivity index (χ4v) is 3.10. The van der Waals surface area contributed by atoms with Gasteiger partial charge in [0, 0.05) is 26.2 Å². The van der Waals surface area contributed by atoms with Crippen LogP contribution in [0.15, 0.2) is 0 Å². The average Bonchev–Trinajstić information content (AvgIpc) is 2.36. The van der Waals surface area contributed by atoms with Crippen LogP contribution in [0.4, 0.5) is 0 Å². The second-order valence-electron chi connectivity index (χ2n) is 5.72. The summed E-state index contributed by atoms with van der Waals surface area (Å²) in [7, 11) is -3.55. The Kier molecular flexibility index (Phi) is 9.49. The van der Waals surface area contributed by atoms with E-state index in [1.165, 1.54) is 0 Å². The van der Waals surface area contributed by atoms with Gasteiger partial charge in [-0.25, -0.2) is 8.42 Å². The number of hydrogen-bond acceptors (Lipinski definition) is 5. The van der Waals surface area contributed by atoms with E-state index < -0.39 is 22.5 Å². The summed E-state index contributed by atoms with van der Waals surface area (Å²) in [6.45, 7) is 6.85. The van der Waals surface area contributed by atoms with Crippen molar-refractivity contribution in [2.45, 2.75) is 26.4 Å². The highest BCUT2D eigenvalue weighted by atomic mass is 35.5. The van der Waals surface area contributed by atoms with Crippen LogP contribution in [0.2, 0.25) is 0 Å². The molecule has 9 heteroatoms. The Morgan fingerprint density at radius 1 is 1.50 bits per heavy atom. The van der Waals surface area contributed by atoms with Gasteiger partial charge in [0.05, 0.1) is 19.0 Å². The Labute approximate surface area is 139 Å². The number of hydrogen-bond donors (Lipinski definition) is 1. The molecule has 0 aliphatic carbocycles. The van der Waals surface area contributed by atoms with Crippen LogP contribution in [0.3, 0.4) is 0 Å². The summed E-state index contributed by atoms with van der Waals surface area (Å²) in [5.41, 5.74) is 0. The van der Waals surface area contributed by atoms with Crippen LogP contribution < -0.4 is 0 Å². The first-order valence-electron chi connectivity index (χ1n) is 7.23. The molecule has 2 atom stereocenters. The number of rotatable bonds is 8. The molecule has 0 amide bonds. The third-order valence-electron chi connectivity index (χ3n) is 3.68. The van der Waals surface area contributed by atoms with Crippen molar-refractivity contribution >= 4 is 28.4 Å². The smallest absolute Gasteiger partial charge is 0.318 e. The fourth-order valence-electron chi connectivity index (χ4n) is 2.32. The fraction of sp³-hybridized carbons (Fsp3) is 0.923. The van der Waals surface area contributed by atoms with E-state index in [1.54, 1.807) is 0 Å². The number of carboxylic acids is 1. The Hall–Kier alpha value is -0.410. The predicted octanol–water partition coefficient (Wildman–Crippen LogP) is 0.501. The zero-order chi connectivity index (χ0) is 16.0. The summed E-state index contributed by atoms with van der Waals surface area (Å²) in [6, 6.07) is 0. The second kappa shape index (κ2) is 9.67. The van der Waals surface area contributed by atoms with Gasteiger partial charge in [0.25, 0.3) is 0 Å². The molecule has 132 valence electrons. The van der Waals surface area contributed by atoms with Crippen molar-refractivity contribution in [2.75, 3.05) is 45.6 Å². The lowest BCUT2D eigenvalue weighted by Crippen LogP contribution is -2.50. The number of carboxylic acid groups (broad SMARTS) is 1. The summed E-state index contributed by atoms with van der Waals surface area (Å²) in [5.74, 6) is -0.582. The molecule has 1 aliphatic heterocycles. The molecule has 2 unspecified atom stereocenters. The summed E-state index contributed by atoms with van der Waals surface area (Å²) in [6.07, 6.45) is 1.84. The lowest BCUT2D eigenvalue weighted by molar-refractivity contribution is -0.137. The van der Waals surface area contributed by atoms with E-state index in [-0.39, 0.29) is 25.1 Å². The molecule has 7 nitrogen and oxygen atoms in total. The summed E-state index contributed by atoms with van der Waals surface area (Å²) < 4.78 is 29.8. The monoisotopic (exact) mass is 358 g/mol. The van der Waals surface area contributed by atoms with E-state index in [2.05, 4.69) is 18.7 Å². The first-order valence-corrected chi connectivity index (χ1v) is 9.08. The van der Waals surface area contributed by atoms with E-state index in [0.717, 1.165) is 30.1 Å². The largest absolute Gasteiger partial charge is 0.480 e. The molecule has 1 heterocycles. The highest BCUT2D eigenvalue weighted by Crippen LogP contribution is 2.12.